The second-order valence-electron chi connectivity index (χ2n) is 7.19. The number of fused-ring (bicyclic) bond motifs is 1. The minimum absolute atomic E-state index is 0.0266. The summed E-state index contributed by atoms with van der Waals surface area (Å²) in [6, 6.07) is 14.9. The number of hydrogen-bond acceptors (Lipinski definition) is 5. The normalized spacial score (nSPS) is 14.0. The van der Waals surface area contributed by atoms with Crippen LogP contribution in [0.2, 0.25) is 0 Å². The Labute approximate surface area is 168 Å². The molecule has 29 heavy (non-hydrogen) atoms. The van der Waals surface area contributed by atoms with Gasteiger partial charge in [-0.05, 0) is 31.0 Å². The van der Waals surface area contributed by atoms with Crippen LogP contribution in [0, 0.1) is 6.92 Å². The lowest BCUT2D eigenvalue weighted by Crippen LogP contribution is -2.32. The van der Waals surface area contributed by atoms with Gasteiger partial charge in [0.25, 0.3) is 5.91 Å². The van der Waals surface area contributed by atoms with Gasteiger partial charge in [0, 0.05) is 30.6 Å². The summed E-state index contributed by atoms with van der Waals surface area (Å²) in [5.41, 5.74) is 3.66. The Morgan fingerprint density at radius 2 is 1.90 bits per heavy atom. The summed E-state index contributed by atoms with van der Waals surface area (Å²) in [6.07, 6.45) is 0.211. The van der Waals surface area contributed by atoms with E-state index >= 15 is 0 Å². The third-order valence-corrected chi connectivity index (χ3v) is 5.08. The van der Waals surface area contributed by atoms with Gasteiger partial charge in [0.2, 0.25) is 17.6 Å². The molecule has 1 unspecified atom stereocenters. The highest BCUT2D eigenvalue weighted by molar-refractivity contribution is 5.98. The molecule has 7 heteroatoms. The molecule has 1 N–H and O–H groups in total. The van der Waals surface area contributed by atoms with Gasteiger partial charge in [-0.2, -0.15) is 4.98 Å². The summed E-state index contributed by atoms with van der Waals surface area (Å²) in [5, 5.41) is 6.89. The Hall–Kier alpha value is -3.48. The molecular weight excluding hydrogens is 368 g/mol. The quantitative estimate of drug-likeness (QED) is 0.698. The van der Waals surface area contributed by atoms with E-state index in [9.17, 15) is 9.59 Å². The summed E-state index contributed by atoms with van der Waals surface area (Å²) in [4.78, 5) is 30.8. The molecule has 0 bridgehead atoms. The first-order chi connectivity index (χ1) is 14.0. The summed E-state index contributed by atoms with van der Waals surface area (Å²) in [6.45, 7) is 4.68. The first kappa shape index (κ1) is 18.9. The third-order valence-electron chi connectivity index (χ3n) is 5.08. The molecule has 148 valence electrons. The van der Waals surface area contributed by atoms with Crippen LogP contribution in [0.1, 0.15) is 46.8 Å². The Bertz CT molecular complexity index is 1060. The minimum atomic E-state index is -0.417. The van der Waals surface area contributed by atoms with Crippen LogP contribution < -0.4 is 5.32 Å². The molecule has 7 nitrogen and oxygen atoms in total. The molecule has 0 radical (unpaired) electrons. The number of aromatic nitrogens is 2. The van der Waals surface area contributed by atoms with Crippen LogP contribution in [0.15, 0.2) is 53.1 Å². The first-order valence-electron chi connectivity index (χ1n) is 9.59. The van der Waals surface area contributed by atoms with E-state index in [1.807, 2.05) is 55.5 Å². The summed E-state index contributed by atoms with van der Waals surface area (Å²) >= 11 is 0. The second-order valence-corrected chi connectivity index (χ2v) is 7.19. The lowest BCUT2D eigenvalue weighted by molar-refractivity contribution is -0.122. The molecule has 1 aliphatic rings. The third kappa shape index (κ3) is 3.89. The molecule has 1 aliphatic heterocycles. The largest absolute Gasteiger partial charge is 0.345 e. The van der Waals surface area contributed by atoms with Gasteiger partial charge in [-0.25, -0.2) is 0 Å². The summed E-state index contributed by atoms with van der Waals surface area (Å²) < 4.78 is 5.33. The van der Waals surface area contributed by atoms with Crippen LogP contribution in [-0.2, 0) is 11.3 Å². The number of aryl methyl sites for hydroxylation is 1. The van der Waals surface area contributed by atoms with Crippen molar-refractivity contribution in [1.82, 2.24) is 20.4 Å². The molecule has 2 heterocycles. The van der Waals surface area contributed by atoms with Crippen LogP contribution >= 0.6 is 0 Å². The number of rotatable bonds is 6. The van der Waals surface area contributed by atoms with Crippen molar-refractivity contribution >= 4 is 11.8 Å². The van der Waals surface area contributed by atoms with Crippen molar-refractivity contribution in [3.05, 3.63) is 71.1 Å². The summed E-state index contributed by atoms with van der Waals surface area (Å²) in [5.74, 6) is 0.652. The lowest BCUT2D eigenvalue weighted by Gasteiger charge is -2.16. The van der Waals surface area contributed by atoms with E-state index in [1.54, 1.807) is 11.8 Å². The minimum Gasteiger partial charge on any atom is -0.345 e. The van der Waals surface area contributed by atoms with Crippen molar-refractivity contribution in [2.24, 2.45) is 0 Å². The van der Waals surface area contributed by atoms with Gasteiger partial charge in [-0.3, -0.25) is 9.59 Å². The fraction of sp³-hybridized carbons (Fsp3) is 0.273. The molecule has 0 saturated heterocycles. The van der Waals surface area contributed by atoms with E-state index in [2.05, 4.69) is 15.5 Å². The van der Waals surface area contributed by atoms with E-state index in [0.717, 1.165) is 22.3 Å². The average Bonchev–Trinajstić information content (AvgIpc) is 3.32. The van der Waals surface area contributed by atoms with E-state index in [-0.39, 0.29) is 18.2 Å². The van der Waals surface area contributed by atoms with Crippen LogP contribution in [-0.4, -0.2) is 33.4 Å². The van der Waals surface area contributed by atoms with E-state index in [0.29, 0.717) is 24.8 Å². The number of hydrogen-bond donors (Lipinski definition) is 1. The SMILES string of the molecule is Cc1ccccc1-c1noc(C(C)NC(=O)CCN2Cc3ccccc3C2=O)n1. The molecule has 1 atom stereocenters. The molecule has 0 aliphatic carbocycles. The number of amides is 2. The van der Waals surface area contributed by atoms with Gasteiger partial charge in [0.15, 0.2) is 0 Å². The molecule has 1 aromatic heterocycles. The van der Waals surface area contributed by atoms with Gasteiger partial charge in [-0.15, -0.1) is 0 Å². The second kappa shape index (κ2) is 7.87. The van der Waals surface area contributed by atoms with Crippen molar-refractivity contribution in [2.75, 3.05) is 6.54 Å². The number of nitrogens with one attached hydrogen (secondary N) is 1. The fourth-order valence-corrected chi connectivity index (χ4v) is 3.45. The zero-order valence-electron chi connectivity index (χ0n) is 16.4. The van der Waals surface area contributed by atoms with E-state index < -0.39 is 6.04 Å². The van der Waals surface area contributed by atoms with Crippen LogP contribution in [0.25, 0.3) is 11.4 Å². The molecular formula is C22H22N4O3. The molecule has 3 aromatic rings. The molecule has 2 aromatic carbocycles. The molecule has 0 saturated carbocycles. The number of carbonyl (C=O) groups excluding carboxylic acids is 2. The fourth-order valence-electron chi connectivity index (χ4n) is 3.45. The monoisotopic (exact) mass is 390 g/mol. The van der Waals surface area contributed by atoms with Gasteiger partial charge in [0.1, 0.15) is 6.04 Å². The zero-order chi connectivity index (χ0) is 20.4. The Kier molecular flexibility index (Phi) is 5.12. The molecule has 4 rings (SSSR count). The Balaban J connectivity index is 1.33. The maximum atomic E-state index is 12.4. The van der Waals surface area contributed by atoms with Crippen LogP contribution in [0.5, 0.6) is 0 Å². The first-order valence-corrected chi connectivity index (χ1v) is 9.59. The summed E-state index contributed by atoms with van der Waals surface area (Å²) in [7, 11) is 0. The lowest BCUT2D eigenvalue weighted by atomic mass is 10.1. The van der Waals surface area contributed by atoms with Crippen LogP contribution in [0.4, 0.5) is 0 Å². The molecule has 0 spiro atoms. The highest BCUT2D eigenvalue weighted by Gasteiger charge is 2.27. The average molecular weight is 390 g/mol. The van der Waals surface area contributed by atoms with Gasteiger partial charge >= 0.3 is 0 Å². The number of nitrogens with zero attached hydrogens (tertiary/aromatic N) is 3. The molecule has 0 fully saturated rings. The van der Waals surface area contributed by atoms with E-state index in [1.165, 1.54) is 0 Å². The van der Waals surface area contributed by atoms with Crippen molar-refractivity contribution < 1.29 is 14.1 Å². The Morgan fingerprint density at radius 1 is 1.17 bits per heavy atom. The van der Waals surface area contributed by atoms with Crippen molar-refractivity contribution in [3.63, 3.8) is 0 Å². The highest BCUT2D eigenvalue weighted by Crippen LogP contribution is 2.23. The van der Waals surface area contributed by atoms with Crippen molar-refractivity contribution in [3.8, 4) is 11.4 Å². The highest BCUT2D eigenvalue weighted by atomic mass is 16.5. The van der Waals surface area contributed by atoms with Gasteiger partial charge < -0.3 is 14.7 Å². The number of benzene rings is 2. The maximum absolute atomic E-state index is 12.4. The number of carbonyl (C=O) groups is 2. The van der Waals surface area contributed by atoms with Crippen molar-refractivity contribution in [1.29, 1.82) is 0 Å². The van der Waals surface area contributed by atoms with Gasteiger partial charge in [-0.1, -0.05) is 47.6 Å². The van der Waals surface area contributed by atoms with E-state index in [4.69, 9.17) is 4.52 Å². The van der Waals surface area contributed by atoms with Crippen molar-refractivity contribution in [2.45, 2.75) is 32.9 Å². The van der Waals surface area contributed by atoms with Crippen LogP contribution in [0.3, 0.4) is 0 Å². The Morgan fingerprint density at radius 3 is 2.66 bits per heavy atom. The topological polar surface area (TPSA) is 88.3 Å². The predicted octanol–water partition coefficient (Wildman–Crippen LogP) is 3.27. The maximum Gasteiger partial charge on any atom is 0.254 e. The smallest absolute Gasteiger partial charge is 0.254 e. The predicted molar refractivity (Wildman–Crippen MR) is 107 cm³/mol. The molecule has 2 amide bonds. The van der Waals surface area contributed by atoms with Gasteiger partial charge in [0.05, 0.1) is 0 Å². The zero-order valence-corrected chi connectivity index (χ0v) is 16.4. The standard InChI is InChI=1S/C22H22N4O3/c1-14-7-3-5-9-17(14)20-24-21(29-25-20)15(2)23-19(27)11-12-26-13-16-8-4-6-10-18(16)22(26)28/h3-10,15H,11-13H2,1-2H3,(H,23,27).